The third kappa shape index (κ3) is 4.63. The Kier molecular flexibility index (Phi) is 5.57. The molecule has 138 valence electrons. The summed E-state index contributed by atoms with van der Waals surface area (Å²) in [6.07, 6.45) is 0.863. The lowest BCUT2D eigenvalue weighted by molar-refractivity contribution is 0.0635. The molecule has 0 saturated carbocycles. The molecule has 2 amide bonds. The molecule has 0 radical (unpaired) electrons. The molecule has 1 saturated heterocycles. The molecule has 1 heterocycles. The van der Waals surface area contributed by atoms with Gasteiger partial charge in [0.1, 0.15) is 11.4 Å². The third-order valence-corrected chi connectivity index (χ3v) is 4.05. The fourth-order valence-corrected chi connectivity index (χ4v) is 2.84. The summed E-state index contributed by atoms with van der Waals surface area (Å²) in [5.41, 5.74) is 0.295. The molecule has 1 fully saturated rings. The van der Waals surface area contributed by atoms with Gasteiger partial charge in [-0.3, -0.25) is 10.1 Å². The predicted octanol–water partition coefficient (Wildman–Crippen LogP) is 2.64. The zero-order valence-corrected chi connectivity index (χ0v) is 15.1. The number of aliphatic hydroxyl groups is 1. The normalized spacial score (nSPS) is 17.5. The molecule has 0 aromatic heterocycles. The van der Waals surface area contributed by atoms with Gasteiger partial charge in [-0.25, -0.2) is 4.79 Å². The number of likely N-dealkylation sites (tertiary alicyclic amines) is 1. The van der Waals surface area contributed by atoms with Crippen LogP contribution in [0, 0.1) is 6.92 Å². The summed E-state index contributed by atoms with van der Waals surface area (Å²) in [6.45, 7) is 7.34. The van der Waals surface area contributed by atoms with Gasteiger partial charge < -0.3 is 19.8 Å². The second kappa shape index (κ2) is 7.31. The van der Waals surface area contributed by atoms with Gasteiger partial charge in [0.15, 0.2) is 0 Å². The first-order valence-electron chi connectivity index (χ1n) is 8.38. The van der Waals surface area contributed by atoms with Gasteiger partial charge in [0, 0.05) is 12.6 Å². The Bertz CT molecular complexity index is 666. The van der Waals surface area contributed by atoms with Gasteiger partial charge in [0.05, 0.1) is 23.9 Å². The number of benzene rings is 1. The number of phenolic OH excluding ortho intramolecular Hbond substituents is 1. The van der Waals surface area contributed by atoms with E-state index in [-0.39, 0.29) is 35.6 Å². The van der Waals surface area contributed by atoms with Crippen LogP contribution in [0.25, 0.3) is 0 Å². The Morgan fingerprint density at radius 1 is 1.36 bits per heavy atom. The van der Waals surface area contributed by atoms with Crippen molar-refractivity contribution in [3.05, 3.63) is 23.3 Å². The molecule has 1 aliphatic rings. The smallest absolute Gasteiger partial charge is 0.412 e. The summed E-state index contributed by atoms with van der Waals surface area (Å²) in [7, 11) is 0. The Labute approximate surface area is 147 Å². The van der Waals surface area contributed by atoms with Crippen molar-refractivity contribution in [1.82, 2.24) is 4.90 Å². The minimum Gasteiger partial charge on any atom is -0.508 e. The first-order chi connectivity index (χ1) is 11.6. The zero-order valence-electron chi connectivity index (χ0n) is 15.1. The fraction of sp³-hybridized carbons (Fsp3) is 0.556. The Hall–Kier alpha value is -2.28. The second-order valence-corrected chi connectivity index (χ2v) is 7.29. The minimum atomic E-state index is -0.704. The lowest BCUT2D eigenvalue weighted by atomic mass is 10.1. The summed E-state index contributed by atoms with van der Waals surface area (Å²) in [5.74, 6) is -0.312. The summed E-state index contributed by atoms with van der Waals surface area (Å²) in [4.78, 5) is 26.6. The van der Waals surface area contributed by atoms with E-state index >= 15 is 0 Å². The van der Waals surface area contributed by atoms with E-state index in [1.807, 2.05) is 0 Å². The van der Waals surface area contributed by atoms with Gasteiger partial charge in [-0.05, 0) is 52.2 Å². The van der Waals surface area contributed by atoms with Crippen LogP contribution in [0.1, 0.15) is 49.5 Å². The highest BCUT2D eigenvalue weighted by molar-refractivity contribution is 6.03. The first kappa shape index (κ1) is 19.1. The van der Waals surface area contributed by atoms with E-state index in [1.54, 1.807) is 32.6 Å². The van der Waals surface area contributed by atoms with Crippen LogP contribution >= 0.6 is 0 Å². The number of hydrogen-bond donors (Lipinski definition) is 3. The van der Waals surface area contributed by atoms with Crippen LogP contribution in [0.3, 0.4) is 0 Å². The molecular formula is C18H26N2O5. The lowest BCUT2D eigenvalue weighted by Crippen LogP contribution is -2.38. The number of phenols is 1. The van der Waals surface area contributed by atoms with Crippen LogP contribution < -0.4 is 5.32 Å². The van der Waals surface area contributed by atoms with E-state index < -0.39 is 11.7 Å². The Balaban J connectivity index is 2.32. The zero-order chi connectivity index (χ0) is 18.8. The maximum atomic E-state index is 12.9. The van der Waals surface area contributed by atoms with Crippen LogP contribution in [0.4, 0.5) is 10.5 Å². The van der Waals surface area contributed by atoms with E-state index in [0.29, 0.717) is 12.1 Å². The number of ether oxygens (including phenoxy) is 1. The minimum absolute atomic E-state index is 0.0252. The number of nitrogens with zero attached hydrogens (tertiary/aromatic N) is 1. The van der Waals surface area contributed by atoms with Crippen molar-refractivity contribution in [2.75, 3.05) is 18.5 Å². The summed E-state index contributed by atoms with van der Waals surface area (Å²) >= 11 is 0. The van der Waals surface area contributed by atoms with Crippen LogP contribution in [0.15, 0.2) is 12.1 Å². The molecule has 2 rings (SSSR count). The number of rotatable bonds is 3. The van der Waals surface area contributed by atoms with Crippen molar-refractivity contribution in [2.24, 2.45) is 0 Å². The highest BCUT2D eigenvalue weighted by atomic mass is 16.6. The van der Waals surface area contributed by atoms with Gasteiger partial charge in [0.2, 0.25) is 0 Å². The first-order valence-corrected chi connectivity index (χ1v) is 8.38. The van der Waals surface area contributed by atoms with Gasteiger partial charge in [-0.2, -0.15) is 0 Å². The average molecular weight is 350 g/mol. The highest BCUT2D eigenvalue weighted by Gasteiger charge is 2.31. The van der Waals surface area contributed by atoms with Crippen LogP contribution in [0.2, 0.25) is 0 Å². The van der Waals surface area contributed by atoms with Crippen molar-refractivity contribution in [1.29, 1.82) is 0 Å². The monoisotopic (exact) mass is 350 g/mol. The van der Waals surface area contributed by atoms with Gasteiger partial charge in [-0.1, -0.05) is 0 Å². The molecule has 0 aliphatic carbocycles. The standard InChI is InChI=1S/C18H26N2O5/c1-11-8-13(16(23)20-7-5-6-12(20)10-21)14(9-15(11)22)19-17(24)25-18(2,3)4/h8-9,12,21-22H,5-7,10H2,1-4H3,(H,19,24)/t12-/m0/s1. The van der Waals surface area contributed by atoms with Crippen molar-refractivity contribution in [3.8, 4) is 5.75 Å². The fourth-order valence-electron chi connectivity index (χ4n) is 2.84. The predicted molar refractivity (Wildman–Crippen MR) is 93.8 cm³/mol. The van der Waals surface area contributed by atoms with Crippen molar-refractivity contribution in [2.45, 2.75) is 52.2 Å². The van der Waals surface area contributed by atoms with Crippen molar-refractivity contribution in [3.63, 3.8) is 0 Å². The van der Waals surface area contributed by atoms with E-state index in [0.717, 1.165) is 12.8 Å². The Morgan fingerprint density at radius 2 is 2.04 bits per heavy atom. The number of nitrogens with one attached hydrogen (secondary N) is 1. The molecule has 1 atom stereocenters. The molecule has 7 nitrogen and oxygen atoms in total. The van der Waals surface area contributed by atoms with E-state index in [9.17, 15) is 19.8 Å². The van der Waals surface area contributed by atoms with Crippen LogP contribution in [-0.2, 0) is 4.74 Å². The van der Waals surface area contributed by atoms with Gasteiger partial charge in [-0.15, -0.1) is 0 Å². The topological polar surface area (TPSA) is 99.1 Å². The number of anilines is 1. The maximum Gasteiger partial charge on any atom is 0.412 e. The number of amides is 2. The van der Waals surface area contributed by atoms with E-state index in [1.165, 1.54) is 12.1 Å². The number of aryl methyl sites for hydroxylation is 1. The molecule has 7 heteroatoms. The quantitative estimate of drug-likeness (QED) is 0.778. The van der Waals surface area contributed by atoms with Crippen molar-refractivity contribution < 1.29 is 24.5 Å². The molecule has 0 spiro atoms. The number of carbonyl (C=O) groups is 2. The summed E-state index contributed by atoms with van der Waals surface area (Å²) < 4.78 is 5.22. The van der Waals surface area contributed by atoms with E-state index in [4.69, 9.17) is 4.74 Å². The van der Waals surface area contributed by atoms with Gasteiger partial charge in [0.25, 0.3) is 5.91 Å². The number of aromatic hydroxyl groups is 1. The Morgan fingerprint density at radius 3 is 2.64 bits per heavy atom. The third-order valence-electron chi connectivity index (χ3n) is 4.05. The van der Waals surface area contributed by atoms with Crippen LogP contribution in [-0.4, -0.2) is 51.9 Å². The molecule has 1 aromatic rings. The molecule has 1 aromatic carbocycles. The maximum absolute atomic E-state index is 12.9. The SMILES string of the molecule is Cc1cc(C(=O)N2CCC[C@H]2CO)c(NC(=O)OC(C)(C)C)cc1O. The van der Waals surface area contributed by atoms with Crippen LogP contribution in [0.5, 0.6) is 5.75 Å². The molecule has 25 heavy (non-hydrogen) atoms. The second-order valence-electron chi connectivity index (χ2n) is 7.29. The molecule has 0 unspecified atom stereocenters. The number of carbonyl (C=O) groups excluding carboxylic acids is 2. The molecule has 1 aliphatic heterocycles. The highest BCUT2D eigenvalue weighted by Crippen LogP contribution is 2.29. The molecular weight excluding hydrogens is 324 g/mol. The summed E-state index contributed by atoms with van der Waals surface area (Å²) in [6, 6.07) is 2.66. The summed E-state index contributed by atoms with van der Waals surface area (Å²) in [5, 5.41) is 21.9. The largest absolute Gasteiger partial charge is 0.508 e. The van der Waals surface area contributed by atoms with Crippen molar-refractivity contribution >= 4 is 17.7 Å². The number of aliphatic hydroxyl groups excluding tert-OH is 1. The van der Waals surface area contributed by atoms with Gasteiger partial charge >= 0.3 is 6.09 Å². The average Bonchev–Trinajstić information content (AvgIpc) is 2.96. The molecule has 3 N–H and O–H groups in total. The lowest BCUT2D eigenvalue weighted by Gasteiger charge is -2.25. The molecule has 0 bridgehead atoms. The number of hydrogen-bond acceptors (Lipinski definition) is 5. The van der Waals surface area contributed by atoms with E-state index in [2.05, 4.69) is 5.32 Å².